The van der Waals surface area contributed by atoms with Crippen molar-refractivity contribution in [2.45, 2.75) is 25.7 Å². The quantitative estimate of drug-likeness (QED) is 0.677. The molecule has 1 aliphatic carbocycles. The van der Waals surface area contributed by atoms with Crippen LogP contribution in [0.4, 0.5) is 0 Å². The molecule has 0 aromatic carbocycles. The molecule has 2 N–H and O–H groups in total. The lowest BCUT2D eigenvalue weighted by atomic mass is 10.1. The Morgan fingerprint density at radius 1 is 1.45 bits per heavy atom. The monoisotopic (exact) mass is 152 g/mol. The summed E-state index contributed by atoms with van der Waals surface area (Å²) in [5.74, 6) is 1.09. The van der Waals surface area contributed by atoms with Crippen molar-refractivity contribution in [3.63, 3.8) is 0 Å². The topological polar surface area (TPSA) is 52.0 Å². The van der Waals surface area contributed by atoms with E-state index in [0.29, 0.717) is 6.54 Å². The number of hydrogen-bond donors (Lipinski definition) is 1. The molecule has 0 bridgehead atoms. The van der Waals surface area contributed by atoms with Crippen LogP contribution in [-0.2, 0) is 19.3 Å². The Bertz CT molecular complexity index is 255. The van der Waals surface area contributed by atoms with Crippen molar-refractivity contribution in [1.82, 2.24) is 5.16 Å². The summed E-state index contributed by atoms with van der Waals surface area (Å²) in [5, 5.41) is 3.97. The van der Waals surface area contributed by atoms with Gasteiger partial charge in [0.25, 0.3) is 0 Å². The predicted molar refractivity (Wildman–Crippen MR) is 41.3 cm³/mol. The molecule has 1 aromatic rings. The average Bonchev–Trinajstić information content (AvgIpc) is 2.53. The summed E-state index contributed by atoms with van der Waals surface area (Å²) in [6, 6.07) is 0. The molecule has 0 amide bonds. The third kappa shape index (κ3) is 1.05. The molecule has 0 unspecified atom stereocenters. The lowest BCUT2D eigenvalue weighted by Crippen LogP contribution is -2.04. The van der Waals surface area contributed by atoms with Crippen molar-refractivity contribution in [3.05, 3.63) is 17.0 Å². The number of nitrogens with two attached hydrogens (primary N) is 1. The second-order valence-electron chi connectivity index (χ2n) is 2.92. The van der Waals surface area contributed by atoms with Crippen LogP contribution in [0.3, 0.4) is 0 Å². The van der Waals surface area contributed by atoms with Crippen LogP contribution < -0.4 is 5.73 Å². The Morgan fingerprint density at radius 3 is 3.18 bits per heavy atom. The van der Waals surface area contributed by atoms with E-state index in [2.05, 4.69) is 5.16 Å². The van der Waals surface area contributed by atoms with E-state index in [4.69, 9.17) is 10.3 Å². The van der Waals surface area contributed by atoms with Crippen molar-refractivity contribution in [2.24, 2.45) is 5.73 Å². The van der Waals surface area contributed by atoms with Crippen LogP contribution >= 0.6 is 0 Å². The molecule has 0 atom stereocenters. The first-order chi connectivity index (χ1) is 5.42. The van der Waals surface area contributed by atoms with Crippen LogP contribution in [-0.4, -0.2) is 11.7 Å². The number of nitrogens with zero attached hydrogens (tertiary/aromatic N) is 1. The van der Waals surface area contributed by atoms with E-state index in [1.807, 2.05) is 0 Å². The molecule has 0 spiro atoms. The van der Waals surface area contributed by atoms with E-state index in [1.54, 1.807) is 0 Å². The minimum atomic E-state index is 0.666. The van der Waals surface area contributed by atoms with Crippen LogP contribution in [0.25, 0.3) is 0 Å². The third-order valence-electron chi connectivity index (χ3n) is 2.16. The van der Waals surface area contributed by atoms with Crippen LogP contribution in [0.1, 0.15) is 23.4 Å². The largest absolute Gasteiger partial charge is 0.361 e. The maximum Gasteiger partial charge on any atom is 0.140 e. The van der Waals surface area contributed by atoms with Gasteiger partial charge in [-0.1, -0.05) is 5.16 Å². The standard InChI is InChI=1S/C8H12N2O/c9-5-4-7-6-2-1-3-8(6)11-10-7/h1-5,9H2. The van der Waals surface area contributed by atoms with Gasteiger partial charge in [-0.05, 0) is 19.4 Å². The Hall–Kier alpha value is -0.830. The van der Waals surface area contributed by atoms with Crippen molar-refractivity contribution in [2.75, 3.05) is 6.54 Å². The summed E-state index contributed by atoms with van der Waals surface area (Å²) in [6.07, 6.45) is 4.27. The highest BCUT2D eigenvalue weighted by Crippen LogP contribution is 2.24. The number of hydrogen-bond acceptors (Lipinski definition) is 3. The van der Waals surface area contributed by atoms with Gasteiger partial charge < -0.3 is 10.3 Å². The molecule has 11 heavy (non-hydrogen) atoms. The highest BCUT2D eigenvalue weighted by Gasteiger charge is 2.19. The molecule has 3 heteroatoms. The first-order valence-corrected chi connectivity index (χ1v) is 4.08. The smallest absolute Gasteiger partial charge is 0.140 e. The Kier molecular flexibility index (Phi) is 1.66. The lowest BCUT2D eigenvalue weighted by molar-refractivity contribution is 0.379. The van der Waals surface area contributed by atoms with Gasteiger partial charge in [-0.3, -0.25) is 0 Å². The highest BCUT2D eigenvalue weighted by atomic mass is 16.5. The number of rotatable bonds is 2. The fourth-order valence-electron chi connectivity index (χ4n) is 1.62. The Balaban J connectivity index is 2.27. The summed E-state index contributed by atoms with van der Waals surface area (Å²) in [6.45, 7) is 0.666. The third-order valence-corrected chi connectivity index (χ3v) is 2.16. The van der Waals surface area contributed by atoms with Gasteiger partial charge >= 0.3 is 0 Å². The summed E-state index contributed by atoms with van der Waals surface area (Å²) in [4.78, 5) is 0. The fraction of sp³-hybridized carbons (Fsp3) is 0.625. The predicted octanol–water partition coefficient (Wildman–Crippen LogP) is 0.664. The summed E-state index contributed by atoms with van der Waals surface area (Å²) < 4.78 is 5.15. The molecular formula is C8H12N2O. The van der Waals surface area contributed by atoms with E-state index in [0.717, 1.165) is 30.7 Å². The minimum absolute atomic E-state index is 0.666. The summed E-state index contributed by atoms with van der Waals surface area (Å²) in [7, 11) is 0. The molecule has 0 radical (unpaired) electrons. The van der Waals surface area contributed by atoms with Gasteiger partial charge in [-0.25, -0.2) is 0 Å². The molecule has 2 rings (SSSR count). The SMILES string of the molecule is NCCc1noc2c1CCC2. The van der Waals surface area contributed by atoms with E-state index < -0.39 is 0 Å². The van der Waals surface area contributed by atoms with Crippen LogP contribution in [0.15, 0.2) is 4.52 Å². The van der Waals surface area contributed by atoms with Gasteiger partial charge in [0.15, 0.2) is 0 Å². The zero-order chi connectivity index (χ0) is 7.68. The van der Waals surface area contributed by atoms with Crippen LogP contribution in [0, 0.1) is 0 Å². The van der Waals surface area contributed by atoms with E-state index >= 15 is 0 Å². The van der Waals surface area contributed by atoms with E-state index in [9.17, 15) is 0 Å². The highest BCUT2D eigenvalue weighted by molar-refractivity contribution is 5.27. The minimum Gasteiger partial charge on any atom is -0.361 e. The van der Waals surface area contributed by atoms with Gasteiger partial charge in [0, 0.05) is 18.4 Å². The van der Waals surface area contributed by atoms with Crippen molar-refractivity contribution < 1.29 is 4.52 Å². The van der Waals surface area contributed by atoms with Crippen molar-refractivity contribution in [1.29, 1.82) is 0 Å². The van der Waals surface area contributed by atoms with Gasteiger partial charge in [-0.15, -0.1) is 0 Å². The number of aromatic nitrogens is 1. The zero-order valence-corrected chi connectivity index (χ0v) is 6.47. The maximum atomic E-state index is 5.43. The first kappa shape index (κ1) is 6.85. The molecule has 0 aliphatic heterocycles. The average molecular weight is 152 g/mol. The second-order valence-corrected chi connectivity index (χ2v) is 2.92. The molecule has 3 nitrogen and oxygen atoms in total. The molecular weight excluding hydrogens is 140 g/mol. The molecule has 0 saturated heterocycles. The zero-order valence-electron chi connectivity index (χ0n) is 6.47. The molecule has 0 saturated carbocycles. The Labute approximate surface area is 65.6 Å². The first-order valence-electron chi connectivity index (χ1n) is 4.08. The van der Waals surface area contributed by atoms with E-state index in [1.165, 1.54) is 12.0 Å². The molecule has 60 valence electrons. The van der Waals surface area contributed by atoms with E-state index in [-0.39, 0.29) is 0 Å². The van der Waals surface area contributed by atoms with Gasteiger partial charge in [0.05, 0.1) is 5.69 Å². The second kappa shape index (κ2) is 2.66. The van der Waals surface area contributed by atoms with Gasteiger partial charge in [-0.2, -0.15) is 0 Å². The van der Waals surface area contributed by atoms with Gasteiger partial charge in [0.1, 0.15) is 5.76 Å². The number of aryl methyl sites for hydroxylation is 1. The normalized spacial score (nSPS) is 15.4. The summed E-state index contributed by atoms with van der Waals surface area (Å²) >= 11 is 0. The Morgan fingerprint density at radius 2 is 2.36 bits per heavy atom. The van der Waals surface area contributed by atoms with Crippen molar-refractivity contribution in [3.8, 4) is 0 Å². The van der Waals surface area contributed by atoms with Gasteiger partial charge in [0.2, 0.25) is 0 Å². The molecule has 0 fully saturated rings. The van der Waals surface area contributed by atoms with Crippen LogP contribution in [0.2, 0.25) is 0 Å². The fourth-order valence-corrected chi connectivity index (χ4v) is 1.62. The number of fused-ring (bicyclic) bond motifs is 1. The van der Waals surface area contributed by atoms with Crippen molar-refractivity contribution >= 4 is 0 Å². The molecule has 1 aromatic heterocycles. The summed E-state index contributed by atoms with van der Waals surface area (Å²) in [5.41, 5.74) is 7.84. The molecule has 1 heterocycles. The maximum absolute atomic E-state index is 5.43. The lowest BCUT2D eigenvalue weighted by Gasteiger charge is -1.92. The molecule has 1 aliphatic rings. The van der Waals surface area contributed by atoms with Crippen LogP contribution in [0.5, 0.6) is 0 Å².